The van der Waals surface area contributed by atoms with Crippen LogP contribution < -0.4 is 5.32 Å². The highest BCUT2D eigenvalue weighted by molar-refractivity contribution is 4.86. The van der Waals surface area contributed by atoms with E-state index < -0.39 is 0 Å². The highest BCUT2D eigenvalue weighted by atomic mass is 15.3. The minimum Gasteiger partial charge on any atom is -0.315 e. The fourth-order valence-electron chi connectivity index (χ4n) is 3.61. The molecule has 0 aromatic heterocycles. The van der Waals surface area contributed by atoms with Gasteiger partial charge in [-0.05, 0) is 65.2 Å². The summed E-state index contributed by atoms with van der Waals surface area (Å²) in [6.45, 7) is 13.4. The Labute approximate surface area is 119 Å². The van der Waals surface area contributed by atoms with E-state index in [1.807, 2.05) is 0 Å². The Kier molecular flexibility index (Phi) is 6.11. The van der Waals surface area contributed by atoms with Crippen LogP contribution in [0.3, 0.4) is 0 Å². The summed E-state index contributed by atoms with van der Waals surface area (Å²) >= 11 is 0. The SMILES string of the molecule is CC(C)NCCCC(C)N1CCCN2CCCC2C1. The lowest BCUT2D eigenvalue weighted by Gasteiger charge is -2.30. The number of rotatable bonds is 6. The van der Waals surface area contributed by atoms with E-state index in [1.165, 1.54) is 64.8 Å². The molecule has 2 aliphatic heterocycles. The van der Waals surface area contributed by atoms with Crippen molar-refractivity contribution in [3.8, 4) is 0 Å². The molecule has 0 aromatic carbocycles. The largest absolute Gasteiger partial charge is 0.315 e. The van der Waals surface area contributed by atoms with Crippen molar-refractivity contribution < 1.29 is 0 Å². The van der Waals surface area contributed by atoms with E-state index in [9.17, 15) is 0 Å². The third kappa shape index (κ3) is 4.73. The third-order valence-corrected chi connectivity index (χ3v) is 4.81. The van der Waals surface area contributed by atoms with Crippen molar-refractivity contribution >= 4 is 0 Å². The first-order valence-corrected chi connectivity index (χ1v) is 8.38. The smallest absolute Gasteiger partial charge is 0.0223 e. The van der Waals surface area contributed by atoms with Gasteiger partial charge in [-0.2, -0.15) is 0 Å². The van der Waals surface area contributed by atoms with Crippen LogP contribution in [0.1, 0.15) is 52.9 Å². The molecule has 3 nitrogen and oxygen atoms in total. The van der Waals surface area contributed by atoms with Crippen LogP contribution in [0.2, 0.25) is 0 Å². The van der Waals surface area contributed by atoms with Gasteiger partial charge < -0.3 is 5.32 Å². The van der Waals surface area contributed by atoms with Crippen molar-refractivity contribution in [1.29, 1.82) is 0 Å². The van der Waals surface area contributed by atoms with Gasteiger partial charge in [0, 0.05) is 24.7 Å². The Bertz CT molecular complexity index is 254. The van der Waals surface area contributed by atoms with E-state index in [2.05, 4.69) is 35.9 Å². The molecule has 0 aliphatic carbocycles. The number of nitrogens with one attached hydrogen (secondary N) is 1. The molecule has 2 heterocycles. The van der Waals surface area contributed by atoms with Crippen LogP contribution in [0.15, 0.2) is 0 Å². The number of nitrogens with zero attached hydrogens (tertiary/aromatic N) is 2. The Balaban J connectivity index is 1.70. The van der Waals surface area contributed by atoms with E-state index in [4.69, 9.17) is 0 Å². The summed E-state index contributed by atoms with van der Waals surface area (Å²) in [4.78, 5) is 5.48. The van der Waals surface area contributed by atoms with Crippen molar-refractivity contribution in [2.75, 3.05) is 32.7 Å². The Morgan fingerprint density at radius 2 is 1.89 bits per heavy atom. The minimum atomic E-state index is 0.625. The zero-order chi connectivity index (χ0) is 13.7. The molecule has 2 atom stereocenters. The summed E-state index contributed by atoms with van der Waals surface area (Å²) in [6, 6.07) is 2.24. The average molecular weight is 267 g/mol. The zero-order valence-corrected chi connectivity index (χ0v) is 13.2. The molecule has 2 unspecified atom stereocenters. The maximum absolute atomic E-state index is 3.53. The van der Waals surface area contributed by atoms with Gasteiger partial charge in [-0.15, -0.1) is 0 Å². The van der Waals surface area contributed by atoms with E-state index >= 15 is 0 Å². The lowest BCUT2D eigenvalue weighted by atomic mass is 10.1. The second-order valence-electron chi connectivity index (χ2n) is 6.78. The summed E-state index contributed by atoms with van der Waals surface area (Å²) in [6.07, 6.45) is 6.87. The predicted octanol–water partition coefficient (Wildman–Crippen LogP) is 2.32. The summed E-state index contributed by atoms with van der Waals surface area (Å²) in [5, 5.41) is 3.53. The lowest BCUT2D eigenvalue weighted by molar-refractivity contribution is 0.173. The van der Waals surface area contributed by atoms with E-state index in [0.29, 0.717) is 6.04 Å². The van der Waals surface area contributed by atoms with Crippen LogP contribution in [-0.4, -0.2) is 60.6 Å². The molecule has 2 fully saturated rings. The van der Waals surface area contributed by atoms with Crippen LogP contribution >= 0.6 is 0 Å². The minimum absolute atomic E-state index is 0.625. The quantitative estimate of drug-likeness (QED) is 0.745. The summed E-state index contributed by atoms with van der Waals surface area (Å²) < 4.78 is 0. The Morgan fingerprint density at radius 3 is 2.68 bits per heavy atom. The van der Waals surface area contributed by atoms with Crippen LogP contribution in [0.5, 0.6) is 0 Å². The van der Waals surface area contributed by atoms with E-state index in [1.54, 1.807) is 0 Å². The third-order valence-electron chi connectivity index (χ3n) is 4.81. The highest BCUT2D eigenvalue weighted by Gasteiger charge is 2.29. The molecule has 0 saturated carbocycles. The molecular weight excluding hydrogens is 234 g/mol. The van der Waals surface area contributed by atoms with Crippen LogP contribution in [0.4, 0.5) is 0 Å². The standard InChI is InChI=1S/C16H33N3/c1-14(2)17-9-4-7-15(3)19-12-6-11-18-10-5-8-16(18)13-19/h14-17H,4-13H2,1-3H3. The van der Waals surface area contributed by atoms with Crippen molar-refractivity contribution in [2.45, 2.75) is 71.0 Å². The molecule has 0 bridgehead atoms. The highest BCUT2D eigenvalue weighted by Crippen LogP contribution is 2.23. The van der Waals surface area contributed by atoms with Crippen molar-refractivity contribution in [3.05, 3.63) is 0 Å². The summed E-state index contributed by atoms with van der Waals surface area (Å²) in [7, 11) is 0. The zero-order valence-electron chi connectivity index (χ0n) is 13.2. The van der Waals surface area contributed by atoms with Crippen LogP contribution in [-0.2, 0) is 0 Å². The molecule has 0 aromatic rings. The Morgan fingerprint density at radius 1 is 1.11 bits per heavy atom. The molecule has 2 saturated heterocycles. The van der Waals surface area contributed by atoms with Gasteiger partial charge in [-0.25, -0.2) is 0 Å². The molecule has 2 aliphatic rings. The molecule has 0 spiro atoms. The fraction of sp³-hybridized carbons (Fsp3) is 1.00. The fourth-order valence-corrected chi connectivity index (χ4v) is 3.61. The van der Waals surface area contributed by atoms with Gasteiger partial charge in [0.25, 0.3) is 0 Å². The first-order valence-electron chi connectivity index (χ1n) is 8.38. The first-order chi connectivity index (χ1) is 9.16. The van der Waals surface area contributed by atoms with E-state index in [0.717, 1.165) is 12.1 Å². The molecule has 0 radical (unpaired) electrons. The molecule has 2 rings (SSSR count). The average Bonchev–Trinajstić information content (AvgIpc) is 2.71. The van der Waals surface area contributed by atoms with Gasteiger partial charge in [0.2, 0.25) is 0 Å². The molecule has 19 heavy (non-hydrogen) atoms. The van der Waals surface area contributed by atoms with Gasteiger partial charge >= 0.3 is 0 Å². The number of hydrogen-bond acceptors (Lipinski definition) is 3. The topological polar surface area (TPSA) is 18.5 Å². The summed E-state index contributed by atoms with van der Waals surface area (Å²) in [5.41, 5.74) is 0. The molecule has 0 amide bonds. The molecular formula is C16H33N3. The van der Waals surface area contributed by atoms with Gasteiger partial charge in [-0.3, -0.25) is 9.80 Å². The lowest BCUT2D eigenvalue weighted by Crippen LogP contribution is -2.41. The maximum Gasteiger partial charge on any atom is 0.0223 e. The van der Waals surface area contributed by atoms with Crippen molar-refractivity contribution in [1.82, 2.24) is 15.1 Å². The maximum atomic E-state index is 3.53. The van der Waals surface area contributed by atoms with Crippen LogP contribution in [0, 0.1) is 0 Å². The van der Waals surface area contributed by atoms with Crippen molar-refractivity contribution in [3.63, 3.8) is 0 Å². The number of fused-ring (bicyclic) bond motifs is 1. The van der Waals surface area contributed by atoms with Gasteiger partial charge in [0.15, 0.2) is 0 Å². The van der Waals surface area contributed by atoms with Crippen LogP contribution in [0.25, 0.3) is 0 Å². The summed E-state index contributed by atoms with van der Waals surface area (Å²) in [5.74, 6) is 0. The van der Waals surface area contributed by atoms with Gasteiger partial charge in [0.05, 0.1) is 0 Å². The predicted molar refractivity (Wildman–Crippen MR) is 82.6 cm³/mol. The van der Waals surface area contributed by atoms with Crippen molar-refractivity contribution in [2.24, 2.45) is 0 Å². The molecule has 112 valence electrons. The van der Waals surface area contributed by atoms with E-state index in [-0.39, 0.29) is 0 Å². The number of hydrogen-bond donors (Lipinski definition) is 1. The second-order valence-corrected chi connectivity index (χ2v) is 6.78. The Hall–Kier alpha value is -0.120. The normalized spacial score (nSPS) is 27.5. The molecule has 3 heteroatoms. The molecule has 1 N–H and O–H groups in total. The second kappa shape index (κ2) is 7.61. The van der Waals surface area contributed by atoms with Gasteiger partial charge in [0.1, 0.15) is 0 Å². The monoisotopic (exact) mass is 267 g/mol. The van der Waals surface area contributed by atoms with Gasteiger partial charge in [-0.1, -0.05) is 13.8 Å². The first kappa shape index (κ1) is 15.3.